The van der Waals surface area contributed by atoms with Gasteiger partial charge in [-0.05, 0) is 30.4 Å². The number of amides is 1. The van der Waals surface area contributed by atoms with E-state index in [9.17, 15) is 4.79 Å². The summed E-state index contributed by atoms with van der Waals surface area (Å²) in [4.78, 5) is 24.6. The van der Waals surface area contributed by atoms with Crippen LogP contribution >= 0.6 is 0 Å². The van der Waals surface area contributed by atoms with Crippen LogP contribution in [0.4, 0.5) is 5.82 Å². The first-order chi connectivity index (χ1) is 11.3. The number of carbonyl (C=O) groups excluding carboxylic acids is 1. The summed E-state index contributed by atoms with van der Waals surface area (Å²) in [7, 11) is 0. The number of hydrogen-bond donors (Lipinski definition) is 1. The Kier molecular flexibility index (Phi) is 3.47. The van der Waals surface area contributed by atoms with Gasteiger partial charge in [0.05, 0.1) is 6.20 Å². The van der Waals surface area contributed by atoms with E-state index in [1.807, 2.05) is 12.1 Å². The fraction of sp³-hybridized carbons (Fsp3) is 0.250. The van der Waals surface area contributed by atoms with Gasteiger partial charge in [0.15, 0.2) is 12.2 Å². The normalized spacial score (nSPS) is 17.5. The van der Waals surface area contributed by atoms with Crippen molar-refractivity contribution in [1.82, 2.24) is 15.0 Å². The molecule has 1 saturated heterocycles. The molecule has 3 aromatic heterocycles. The van der Waals surface area contributed by atoms with E-state index in [0.29, 0.717) is 23.9 Å². The predicted octanol–water partition coefficient (Wildman–Crippen LogP) is 2.40. The maximum Gasteiger partial charge on any atom is 0.254 e. The maximum atomic E-state index is 12.1. The number of aromatic nitrogens is 3. The van der Waals surface area contributed by atoms with Crippen molar-refractivity contribution in [3.8, 4) is 11.5 Å². The van der Waals surface area contributed by atoms with Crippen molar-refractivity contribution < 1.29 is 13.9 Å². The summed E-state index contributed by atoms with van der Waals surface area (Å²) >= 11 is 0. The van der Waals surface area contributed by atoms with Crippen molar-refractivity contribution >= 4 is 22.5 Å². The van der Waals surface area contributed by atoms with Crippen molar-refractivity contribution in [3.63, 3.8) is 0 Å². The van der Waals surface area contributed by atoms with Crippen LogP contribution in [0.2, 0.25) is 0 Å². The van der Waals surface area contributed by atoms with E-state index < -0.39 is 0 Å². The van der Waals surface area contributed by atoms with Crippen molar-refractivity contribution in [1.29, 1.82) is 0 Å². The molecule has 1 aliphatic rings. The number of pyridine rings is 2. The molecule has 4 rings (SSSR count). The molecule has 0 aromatic carbocycles. The third-order valence-electron chi connectivity index (χ3n) is 3.76. The van der Waals surface area contributed by atoms with Crippen LogP contribution in [0, 0.1) is 0 Å². The van der Waals surface area contributed by atoms with Crippen LogP contribution in [-0.4, -0.2) is 33.6 Å². The minimum atomic E-state index is -0.380. The zero-order valence-corrected chi connectivity index (χ0v) is 12.2. The smallest absolute Gasteiger partial charge is 0.254 e. The molecule has 3 aromatic rings. The second-order valence-electron chi connectivity index (χ2n) is 5.34. The maximum absolute atomic E-state index is 12.1. The van der Waals surface area contributed by atoms with Crippen LogP contribution in [0.25, 0.3) is 22.2 Å². The second-order valence-corrected chi connectivity index (χ2v) is 5.34. The van der Waals surface area contributed by atoms with Crippen molar-refractivity contribution in [3.05, 3.63) is 37.1 Å². The van der Waals surface area contributed by atoms with Crippen LogP contribution in [0.1, 0.15) is 12.8 Å². The first-order valence-electron chi connectivity index (χ1n) is 7.37. The van der Waals surface area contributed by atoms with Crippen LogP contribution < -0.4 is 5.32 Å². The van der Waals surface area contributed by atoms with Gasteiger partial charge in [0.25, 0.3) is 5.91 Å². The Morgan fingerprint density at radius 2 is 2.09 bits per heavy atom. The number of oxazole rings is 1. The largest absolute Gasteiger partial charge is 0.442 e. The Labute approximate surface area is 131 Å². The minimum absolute atomic E-state index is 0.154. The molecule has 1 unspecified atom stereocenters. The summed E-state index contributed by atoms with van der Waals surface area (Å²) in [5.74, 6) is 0.931. The fourth-order valence-corrected chi connectivity index (χ4v) is 2.57. The molecule has 0 saturated carbocycles. The van der Waals surface area contributed by atoms with Gasteiger partial charge in [0.1, 0.15) is 17.6 Å². The molecule has 1 aliphatic heterocycles. The van der Waals surface area contributed by atoms with E-state index in [4.69, 9.17) is 9.15 Å². The van der Waals surface area contributed by atoms with Gasteiger partial charge < -0.3 is 14.5 Å². The summed E-state index contributed by atoms with van der Waals surface area (Å²) in [6.45, 7) is 0.634. The monoisotopic (exact) mass is 310 g/mol. The number of rotatable bonds is 3. The van der Waals surface area contributed by atoms with Crippen LogP contribution in [0.15, 0.2) is 41.5 Å². The van der Waals surface area contributed by atoms with Gasteiger partial charge in [0.2, 0.25) is 0 Å². The highest BCUT2D eigenvalue weighted by molar-refractivity contribution is 5.95. The quantitative estimate of drug-likeness (QED) is 0.799. The van der Waals surface area contributed by atoms with Gasteiger partial charge in [-0.15, -0.1) is 0 Å². The van der Waals surface area contributed by atoms with E-state index in [1.165, 1.54) is 6.39 Å². The molecule has 1 atom stereocenters. The lowest BCUT2D eigenvalue weighted by Crippen LogP contribution is -2.27. The number of fused-ring (bicyclic) bond motifs is 1. The first-order valence-corrected chi connectivity index (χ1v) is 7.37. The molecule has 0 spiro atoms. The number of ether oxygens (including phenoxy) is 1. The summed E-state index contributed by atoms with van der Waals surface area (Å²) in [6.07, 6.45) is 7.64. The average molecular weight is 310 g/mol. The Morgan fingerprint density at radius 3 is 2.87 bits per heavy atom. The molecular formula is C16H14N4O3. The zero-order valence-electron chi connectivity index (χ0n) is 12.2. The number of hydrogen-bond acceptors (Lipinski definition) is 6. The summed E-state index contributed by atoms with van der Waals surface area (Å²) < 4.78 is 10.6. The summed E-state index contributed by atoms with van der Waals surface area (Å²) in [5.41, 5.74) is 0.678. The number of nitrogens with zero attached hydrogens (tertiary/aromatic N) is 3. The van der Waals surface area contributed by atoms with Gasteiger partial charge >= 0.3 is 0 Å². The molecule has 0 aliphatic carbocycles. The van der Waals surface area contributed by atoms with Crippen LogP contribution in [0.5, 0.6) is 0 Å². The lowest BCUT2D eigenvalue weighted by molar-refractivity contribution is -0.124. The number of anilines is 1. The molecule has 4 heterocycles. The highest BCUT2D eigenvalue weighted by Crippen LogP contribution is 2.23. The SMILES string of the molecule is O=C(Nc1cc2cc(-c3cnco3)ncc2cn1)C1CCCO1. The van der Waals surface area contributed by atoms with E-state index in [2.05, 4.69) is 20.3 Å². The molecule has 1 fully saturated rings. The van der Waals surface area contributed by atoms with Gasteiger partial charge in [-0.25, -0.2) is 9.97 Å². The highest BCUT2D eigenvalue weighted by Gasteiger charge is 2.23. The van der Waals surface area contributed by atoms with Gasteiger partial charge in [-0.1, -0.05) is 0 Å². The lowest BCUT2D eigenvalue weighted by Gasteiger charge is -2.10. The van der Waals surface area contributed by atoms with Crippen molar-refractivity contribution in [2.45, 2.75) is 18.9 Å². The first kappa shape index (κ1) is 13.8. The third-order valence-corrected chi connectivity index (χ3v) is 3.76. The Hall–Kier alpha value is -2.80. The minimum Gasteiger partial charge on any atom is -0.442 e. The van der Waals surface area contributed by atoms with Crippen LogP contribution in [-0.2, 0) is 9.53 Å². The van der Waals surface area contributed by atoms with Gasteiger partial charge in [0, 0.05) is 24.4 Å². The molecule has 0 radical (unpaired) electrons. The van der Waals surface area contributed by atoms with E-state index in [1.54, 1.807) is 18.6 Å². The van der Waals surface area contributed by atoms with Crippen molar-refractivity contribution in [2.75, 3.05) is 11.9 Å². The van der Waals surface area contributed by atoms with Gasteiger partial charge in [-0.3, -0.25) is 9.78 Å². The second kappa shape index (κ2) is 5.77. The molecule has 1 N–H and O–H groups in total. The predicted molar refractivity (Wildman–Crippen MR) is 82.6 cm³/mol. The third kappa shape index (κ3) is 2.78. The lowest BCUT2D eigenvalue weighted by atomic mass is 10.2. The van der Waals surface area contributed by atoms with E-state index in [-0.39, 0.29) is 12.0 Å². The Balaban J connectivity index is 1.62. The molecule has 0 bridgehead atoms. The van der Waals surface area contributed by atoms with Crippen LogP contribution in [0.3, 0.4) is 0 Å². The molecule has 7 heteroatoms. The fourth-order valence-electron chi connectivity index (χ4n) is 2.57. The Bertz CT molecular complexity index is 842. The van der Waals surface area contributed by atoms with E-state index >= 15 is 0 Å². The summed E-state index contributed by atoms with van der Waals surface area (Å²) in [6, 6.07) is 3.68. The Morgan fingerprint density at radius 1 is 1.17 bits per heavy atom. The molecule has 7 nitrogen and oxygen atoms in total. The molecular weight excluding hydrogens is 296 g/mol. The topological polar surface area (TPSA) is 90.1 Å². The summed E-state index contributed by atoms with van der Waals surface area (Å²) in [5, 5.41) is 4.58. The molecule has 116 valence electrons. The molecule has 1 amide bonds. The standard InChI is InChI=1S/C16H14N4O3/c21-16(13-2-1-3-22-13)20-15-5-10-4-12(14-8-17-9-23-14)18-6-11(10)7-19-15/h4-9,13H,1-3H2,(H,19,20,21). The highest BCUT2D eigenvalue weighted by atomic mass is 16.5. The van der Waals surface area contributed by atoms with Crippen molar-refractivity contribution in [2.24, 2.45) is 0 Å². The average Bonchev–Trinajstić information content (AvgIpc) is 3.27. The zero-order chi connectivity index (χ0) is 15.6. The number of carbonyl (C=O) groups is 1. The van der Waals surface area contributed by atoms with Gasteiger partial charge in [-0.2, -0.15) is 0 Å². The molecule has 23 heavy (non-hydrogen) atoms. The van der Waals surface area contributed by atoms with E-state index in [0.717, 1.165) is 23.6 Å². The number of nitrogens with one attached hydrogen (secondary N) is 1.